The maximum Gasteiger partial charge on any atom is 0.300 e. The van der Waals surface area contributed by atoms with Crippen molar-refractivity contribution in [2.75, 3.05) is 26.2 Å². The molecule has 0 aliphatic carbocycles. The van der Waals surface area contributed by atoms with Crippen LogP contribution < -0.4 is 19.1 Å². The van der Waals surface area contributed by atoms with Crippen LogP contribution in [0.25, 0.3) is 5.76 Å². The Morgan fingerprint density at radius 1 is 0.853 bits per heavy atom. The van der Waals surface area contributed by atoms with Crippen molar-refractivity contribution in [1.82, 2.24) is 0 Å². The van der Waals surface area contributed by atoms with Crippen LogP contribution in [-0.4, -0.2) is 38.1 Å². The van der Waals surface area contributed by atoms with Crippen LogP contribution in [0.2, 0.25) is 5.02 Å². The van der Waals surface area contributed by atoms with Gasteiger partial charge in [0.1, 0.15) is 23.0 Å². The highest BCUT2D eigenvalue weighted by molar-refractivity contribution is 6.52. The molecule has 1 N–H and O–H groups in total. The van der Waals surface area contributed by atoms with Crippen molar-refractivity contribution in [2.45, 2.75) is 6.04 Å². The zero-order valence-corrected chi connectivity index (χ0v) is 19.5. The van der Waals surface area contributed by atoms with Crippen LogP contribution in [0.3, 0.4) is 0 Å². The Morgan fingerprint density at radius 3 is 2.12 bits per heavy atom. The van der Waals surface area contributed by atoms with E-state index in [9.17, 15) is 14.7 Å². The number of Topliss-reactive ketones (excluding diaryl/α,β-unsaturated/α-hetero) is 1. The van der Waals surface area contributed by atoms with Crippen molar-refractivity contribution in [3.05, 3.63) is 88.5 Å². The summed E-state index contributed by atoms with van der Waals surface area (Å²) in [5, 5.41) is 11.6. The Morgan fingerprint density at radius 2 is 1.47 bits per heavy atom. The first kappa shape index (κ1) is 23.2. The Balaban J connectivity index is 2.00. The first-order chi connectivity index (χ1) is 16.4. The van der Waals surface area contributed by atoms with Crippen LogP contribution in [0, 0.1) is 0 Å². The number of rotatable bonds is 6. The fourth-order valence-corrected chi connectivity index (χ4v) is 4.29. The first-order valence-electron chi connectivity index (χ1n) is 10.3. The molecule has 1 aliphatic heterocycles. The summed E-state index contributed by atoms with van der Waals surface area (Å²) in [6.45, 7) is 0. The van der Waals surface area contributed by atoms with E-state index in [0.29, 0.717) is 22.7 Å². The Hall–Kier alpha value is -3.97. The summed E-state index contributed by atoms with van der Waals surface area (Å²) >= 11 is 6.30. The summed E-state index contributed by atoms with van der Waals surface area (Å²) in [4.78, 5) is 28.0. The number of hydrogen-bond acceptors (Lipinski definition) is 6. The van der Waals surface area contributed by atoms with E-state index in [0.717, 1.165) is 0 Å². The number of nitrogens with zero attached hydrogens (tertiary/aromatic N) is 1. The van der Waals surface area contributed by atoms with Gasteiger partial charge in [0.15, 0.2) is 0 Å². The zero-order valence-electron chi connectivity index (χ0n) is 18.7. The van der Waals surface area contributed by atoms with Crippen LogP contribution in [-0.2, 0) is 9.59 Å². The summed E-state index contributed by atoms with van der Waals surface area (Å²) in [5.41, 5.74) is 1.10. The van der Waals surface area contributed by atoms with Gasteiger partial charge in [-0.1, -0.05) is 54.1 Å². The third-order valence-electron chi connectivity index (χ3n) is 5.63. The highest BCUT2D eigenvalue weighted by Gasteiger charge is 2.48. The van der Waals surface area contributed by atoms with Crippen LogP contribution in [0.4, 0.5) is 5.69 Å². The molecule has 0 saturated carbocycles. The van der Waals surface area contributed by atoms with Gasteiger partial charge in [-0.3, -0.25) is 14.5 Å². The second kappa shape index (κ2) is 9.49. The molecule has 3 aromatic carbocycles. The van der Waals surface area contributed by atoms with Crippen LogP contribution in [0.1, 0.15) is 17.2 Å². The van der Waals surface area contributed by atoms with Crippen molar-refractivity contribution < 1.29 is 28.9 Å². The Kier molecular flexibility index (Phi) is 6.47. The average molecular weight is 480 g/mol. The maximum atomic E-state index is 13.3. The molecule has 174 valence electrons. The molecule has 1 atom stereocenters. The van der Waals surface area contributed by atoms with Gasteiger partial charge in [0, 0.05) is 6.07 Å². The van der Waals surface area contributed by atoms with Gasteiger partial charge in [0.05, 0.1) is 49.2 Å². The van der Waals surface area contributed by atoms with E-state index >= 15 is 0 Å². The highest BCUT2D eigenvalue weighted by Crippen LogP contribution is 2.46. The molecular weight excluding hydrogens is 458 g/mol. The van der Waals surface area contributed by atoms with Gasteiger partial charge in [-0.05, 0) is 23.8 Å². The molecule has 7 nitrogen and oxygen atoms in total. The predicted octanol–water partition coefficient (Wildman–Crippen LogP) is 4.99. The number of aliphatic hydroxyl groups is 1. The molecule has 8 heteroatoms. The van der Waals surface area contributed by atoms with Crippen LogP contribution >= 0.6 is 11.6 Å². The minimum atomic E-state index is -0.914. The number of hydrogen-bond donors (Lipinski definition) is 1. The lowest BCUT2D eigenvalue weighted by Gasteiger charge is -2.26. The lowest BCUT2D eigenvalue weighted by Crippen LogP contribution is -2.29. The first-order valence-corrected chi connectivity index (χ1v) is 10.7. The quantitative estimate of drug-likeness (QED) is 0.304. The topological polar surface area (TPSA) is 85.3 Å². The molecule has 0 spiro atoms. The monoisotopic (exact) mass is 479 g/mol. The standard InChI is InChI=1S/C26H22ClNO6/c1-32-19-12-8-7-11-18(19)28-23(15-9-5-4-6-10-15)22(25(30)26(28)31)24(29)16-13-17(27)21(34-3)14-20(16)33-2/h4-14,23,29H,1-3H3/b24-22+. The number of ketones is 1. The largest absolute Gasteiger partial charge is 0.507 e. The van der Waals surface area contributed by atoms with E-state index in [-0.39, 0.29) is 21.9 Å². The summed E-state index contributed by atoms with van der Waals surface area (Å²) < 4.78 is 16.1. The van der Waals surface area contributed by atoms with E-state index in [1.165, 1.54) is 38.4 Å². The van der Waals surface area contributed by atoms with Gasteiger partial charge in [0.25, 0.3) is 11.7 Å². The van der Waals surface area contributed by atoms with Gasteiger partial charge < -0.3 is 19.3 Å². The lowest BCUT2D eigenvalue weighted by atomic mass is 9.94. The number of carbonyl (C=O) groups excluding carboxylic acids is 2. The van der Waals surface area contributed by atoms with Crippen molar-refractivity contribution >= 4 is 34.7 Å². The number of amides is 1. The summed E-state index contributed by atoms with van der Waals surface area (Å²) in [7, 11) is 4.35. The summed E-state index contributed by atoms with van der Waals surface area (Å²) in [5.74, 6) is -1.07. The van der Waals surface area contributed by atoms with E-state index in [1.807, 2.05) is 6.07 Å². The fourth-order valence-electron chi connectivity index (χ4n) is 4.05. The molecule has 1 aliphatic rings. The summed E-state index contributed by atoms with van der Waals surface area (Å²) in [6, 6.07) is 17.9. The molecule has 0 bridgehead atoms. The van der Waals surface area contributed by atoms with E-state index < -0.39 is 23.5 Å². The molecule has 0 radical (unpaired) electrons. The van der Waals surface area contributed by atoms with Crippen molar-refractivity contribution in [1.29, 1.82) is 0 Å². The highest BCUT2D eigenvalue weighted by atomic mass is 35.5. The van der Waals surface area contributed by atoms with E-state index in [1.54, 1.807) is 48.5 Å². The third kappa shape index (κ3) is 3.84. The molecule has 34 heavy (non-hydrogen) atoms. The van der Waals surface area contributed by atoms with Gasteiger partial charge >= 0.3 is 0 Å². The van der Waals surface area contributed by atoms with E-state index in [4.69, 9.17) is 25.8 Å². The molecule has 1 saturated heterocycles. The third-order valence-corrected chi connectivity index (χ3v) is 5.93. The second-order valence-corrected chi connectivity index (χ2v) is 7.85. The molecule has 1 fully saturated rings. The second-order valence-electron chi connectivity index (χ2n) is 7.44. The minimum absolute atomic E-state index is 0.0957. The molecule has 1 heterocycles. The zero-order chi connectivity index (χ0) is 24.4. The normalized spacial score (nSPS) is 17.1. The number of ether oxygens (including phenoxy) is 3. The molecule has 4 rings (SSSR count). The number of methoxy groups -OCH3 is 3. The Bertz CT molecular complexity index is 1290. The molecule has 0 aromatic heterocycles. The smallest absolute Gasteiger partial charge is 0.300 e. The minimum Gasteiger partial charge on any atom is -0.507 e. The SMILES string of the molecule is COc1cc(OC)c(/C(O)=C2\C(=O)C(=O)N(c3ccccc3OC)C2c2ccccc2)cc1Cl. The fraction of sp³-hybridized carbons (Fsp3) is 0.154. The average Bonchev–Trinajstić information content (AvgIpc) is 3.14. The van der Waals surface area contributed by atoms with Crippen molar-refractivity contribution in [2.24, 2.45) is 0 Å². The Labute approximate surface area is 201 Å². The maximum absolute atomic E-state index is 13.3. The van der Waals surface area contributed by atoms with E-state index in [2.05, 4.69) is 0 Å². The van der Waals surface area contributed by atoms with Crippen LogP contribution in [0.5, 0.6) is 17.2 Å². The summed E-state index contributed by atoms with van der Waals surface area (Å²) in [6.07, 6.45) is 0. The van der Waals surface area contributed by atoms with Crippen molar-refractivity contribution in [3.63, 3.8) is 0 Å². The van der Waals surface area contributed by atoms with Gasteiger partial charge in [0.2, 0.25) is 0 Å². The number of benzene rings is 3. The van der Waals surface area contributed by atoms with Gasteiger partial charge in [-0.15, -0.1) is 0 Å². The van der Waals surface area contributed by atoms with Crippen LogP contribution in [0.15, 0.2) is 72.3 Å². The number of anilines is 1. The van der Waals surface area contributed by atoms with Gasteiger partial charge in [-0.2, -0.15) is 0 Å². The predicted molar refractivity (Wildman–Crippen MR) is 129 cm³/mol. The molecule has 3 aromatic rings. The number of para-hydroxylation sites is 2. The number of carbonyl (C=O) groups is 2. The molecular formula is C26H22ClNO6. The molecule has 1 unspecified atom stereocenters. The van der Waals surface area contributed by atoms with Gasteiger partial charge in [-0.25, -0.2) is 0 Å². The lowest BCUT2D eigenvalue weighted by molar-refractivity contribution is -0.132. The molecule has 1 amide bonds. The number of halogens is 1. The van der Waals surface area contributed by atoms with Crippen molar-refractivity contribution in [3.8, 4) is 17.2 Å². The number of aliphatic hydroxyl groups excluding tert-OH is 1.